The van der Waals surface area contributed by atoms with Gasteiger partial charge in [-0.25, -0.2) is 8.42 Å². The second-order valence-corrected chi connectivity index (χ2v) is 10.4. The number of carbonyl (C=O) groups excluding carboxylic acids is 2. The zero-order chi connectivity index (χ0) is 24.2. The van der Waals surface area contributed by atoms with Crippen molar-refractivity contribution in [3.8, 4) is 0 Å². The fourth-order valence-electron chi connectivity index (χ4n) is 4.43. The molecule has 0 unspecified atom stereocenters. The number of piperidine rings is 1. The van der Waals surface area contributed by atoms with Gasteiger partial charge in [0, 0.05) is 30.9 Å². The quantitative estimate of drug-likeness (QED) is 0.642. The second-order valence-electron chi connectivity index (χ2n) is 8.79. The van der Waals surface area contributed by atoms with E-state index in [1.165, 1.54) is 0 Å². The molecule has 7 nitrogen and oxygen atoms in total. The third-order valence-electron chi connectivity index (χ3n) is 5.89. The summed E-state index contributed by atoms with van der Waals surface area (Å²) in [5, 5.41) is 2.91. The van der Waals surface area contributed by atoms with Gasteiger partial charge >= 0.3 is 0 Å². The molecule has 0 spiro atoms. The molecule has 8 heteroatoms. The van der Waals surface area contributed by atoms with Crippen molar-refractivity contribution in [2.45, 2.75) is 51.9 Å². The third-order valence-corrected chi connectivity index (χ3v) is 7.57. The Bertz CT molecular complexity index is 1100. The van der Waals surface area contributed by atoms with Gasteiger partial charge < -0.3 is 10.2 Å². The summed E-state index contributed by atoms with van der Waals surface area (Å²) in [5.41, 5.74) is 3.25. The molecule has 33 heavy (non-hydrogen) atoms. The van der Waals surface area contributed by atoms with Gasteiger partial charge in [0.2, 0.25) is 5.91 Å². The molecule has 2 N–H and O–H groups in total. The zero-order valence-electron chi connectivity index (χ0n) is 19.8. The lowest BCUT2D eigenvalue weighted by Crippen LogP contribution is -2.45. The van der Waals surface area contributed by atoms with Gasteiger partial charge in [0.15, 0.2) is 0 Å². The van der Waals surface area contributed by atoms with Gasteiger partial charge in [0.1, 0.15) is 0 Å². The number of sulfonamides is 1. The topological polar surface area (TPSA) is 95.6 Å². The van der Waals surface area contributed by atoms with E-state index in [9.17, 15) is 18.0 Å². The fraction of sp³-hybridized carbons (Fsp3) is 0.440. The molecule has 0 bridgehead atoms. The first-order chi connectivity index (χ1) is 15.6. The number of benzene rings is 2. The van der Waals surface area contributed by atoms with Crippen molar-refractivity contribution >= 4 is 27.5 Å². The lowest BCUT2D eigenvalue weighted by atomic mass is 9.96. The number of nitrogens with one attached hydrogen (secondary N) is 2. The van der Waals surface area contributed by atoms with Crippen LogP contribution in [-0.2, 0) is 14.8 Å². The number of aryl methyl sites for hydroxylation is 3. The van der Waals surface area contributed by atoms with E-state index in [0.717, 1.165) is 24.8 Å². The highest BCUT2D eigenvalue weighted by Gasteiger charge is 2.29. The van der Waals surface area contributed by atoms with Crippen molar-refractivity contribution in [1.82, 2.24) is 10.2 Å². The number of carbonyl (C=O) groups is 2. The monoisotopic (exact) mass is 471 g/mol. The molecule has 0 aliphatic carbocycles. The normalized spacial score (nSPS) is 16.4. The molecule has 1 aliphatic heterocycles. The minimum atomic E-state index is -3.76. The lowest BCUT2D eigenvalue weighted by molar-refractivity contribution is -0.126. The van der Waals surface area contributed by atoms with Crippen LogP contribution < -0.4 is 10.0 Å². The zero-order valence-corrected chi connectivity index (χ0v) is 20.6. The average molecular weight is 472 g/mol. The van der Waals surface area contributed by atoms with E-state index in [0.29, 0.717) is 42.0 Å². The summed E-state index contributed by atoms with van der Waals surface area (Å²) < 4.78 is 28.6. The summed E-state index contributed by atoms with van der Waals surface area (Å²) in [6, 6.07) is 10.1. The Kier molecular flexibility index (Phi) is 7.79. The van der Waals surface area contributed by atoms with E-state index in [-0.39, 0.29) is 22.6 Å². The van der Waals surface area contributed by atoms with Crippen molar-refractivity contribution in [3.05, 3.63) is 58.7 Å². The second kappa shape index (κ2) is 10.4. The van der Waals surface area contributed by atoms with Gasteiger partial charge in [-0.05, 0) is 75.4 Å². The van der Waals surface area contributed by atoms with E-state index < -0.39 is 10.0 Å². The van der Waals surface area contributed by atoms with Crippen LogP contribution in [0.4, 0.5) is 5.69 Å². The molecule has 0 saturated carbocycles. The van der Waals surface area contributed by atoms with Crippen LogP contribution in [0.2, 0.25) is 0 Å². The van der Waals surface area contributed by atoms with Gasteiger partial charge in [-0.1, -0.05) is 24.6 Å². The Balaban J connectivity index is 1.70. The number of hydrogen-bond acceptors (Lipinski definition) is 4. The maximum atomic E-state index is 13.0. The highest BCUT2D eigenvalue weighted by molar-refractivity contribution is 7.92. The molecular weight excluding hydrogens is 438 g/mol. The van der Waals surface area contributed by atoms with Gasteiger partial charge in [-0.2, -0.15) is 0 Å². The number of amides is 2. The predicted octanol–water partition coefficient (Wildman–Crippen LogP) is 3.79. The van der Waals surface area contributed by atoms with Gasteiger partial charge in [0.25, 0.3) is 15.9 Å². The summed E-state index contributed by atoms with van der Waals surface area (Å²) in [6.45, 7) is 9.15. The Morgan fingerprint density at radius 2 is 1.70 bits per heavy atom. The number of anilines is 1. The first kappa shape index (κ1) is 24.8. The van der Waals surface area contributed by atoms with Gasteiger partial charge in [-0.3, -0.25) is 14.3 Å². The molecule has 0 aromatic heterocycles. The van der Waals surface area contributed by atoms with Crippen LogP contribution in [0.3, 0.4) is 0 Å². The van der Waals surface area contributed by atoms with Gasteiger partial charge in [-0.15, -0.1) is 0 Å². The maximum Gasteiger partial charge on any atom is 0.262 e. The van der Waals surface area contributed by atoms with E-state index in [4.69, 9.17) is 0 Å². The number of hydrogen-bond donors (Lipinski definition) is 2. The molecule has 1 heterocycles. The van der Waals surface area contributed by atoms with Crippen LogP contribution in [0.5, 0.6) is 0 Å². The molecule has 3 rings (SSSR count). The van der Waals surface area contributed by atoms with Crippen LogP contribution in [-0.4, -0.2) is 44.8 Å². The summed E-state index contributed by atoms with van der Waals surface area (Å²) in [4.78, 5) is 27.3. The van der Waals surface area contributed by atoms with E-state index in [1.54, 1.807) is 43.0 Å². The predicted molar refractivity (Wildman–Crippen MR) is 130 cm³/mol. The molecule has 1 aliphatic rings. The summed E-state index contributed by atoms with van der Waals surface area (Å²) >= 11 is 0. The minimum Gasteiger partial charge on any atom is -0.356 e. The highest BCUT2D eigenvalue weighted by Crippen LogP contribution is 2.25. The first-order valence-electron chi connectivity index (χ1n) is 11.4. The maximum absolute atomic E-state index is 13.0. The van der Waals surface area contributed by atoms with E-state index in [2.05, 4.69) is 10.0 Å². The van der Waals surface area contributed by atoms with Crippen LogP contribution in [0.25, 0.3) is 0 Å². The fourth-order valence-corrected chi connectivity index (χ4v) is 5.94. The van der Waals surface area contributed by atoms with Crippen molar-refractivity contribution in [3.63, 3.8) is 0 Å². The van der Waals surface area contributed by atoms with Crippen LogP contribution >= 0.6 is 0 Å². The van der Waals surface area contributed by atoms with Crippen LogP contribution in [0.1, 0.15) is 53.2 Å². The van der Waals surface area contributed by atoms with Crippen molar-refractivity contribution in [1.29, 1.82) is 0 Å². The SMILES string of the molecule is CCCNC(=O)[C@@H]1CCCN(C(=O)c2ccc(NS(=O)(=O)c3c(C)cc(C)cc3C)cc2)C1. The standard InChI is InChI=1S/C25H33N3O4S/c1-5-12-26-24(29)21-7-6-13-28(16-21)25(30)20-8-10-22(11-9-20)27-33(31,32)23-18(3)14-17(2)15-19(23)4/h8-11,14-15,21,27H,5-7,12-13,16H2,1-4H3,(H,26,29)/t21-/m1/s1. The van der Waals surface area contributed by atoms with Gasteiger partial charge in [0.05, 0.1) is 10.8 Å². The number of nitrogens with zero attached hydrogens (tertiary/aromatic N) is 1. The largest absolute Gasteiger partial charge is 0.356 e. The smallest absolute Gasteiger partial charge is 0.262 e. The third kappa shape index (κ3) is 5.93. The first-order valence-corrected chi connectivity index (χ1v) is 12.9. The van der Waals surface area contributed by atoms with Crippen LogP contribution in [0, 0.1) is 26.7 Å². The van der Waals surface area contributed by atoms with Crippen LogP contribution in [0.15, 0.2) is 41.3 Å². The number of rotatable bonds is 7. The lowest BCUT2D eigenvalue weighted by Gasteiger charge is -2.32. The molecule has 178 valence electrons. The summed E-state index contributed by atoms with van der Waals surface area (Å²) in [6.07, 6.45) is 2.43. The molecule has 2 aromatic carbocycles. The molecule has 2 amide bonds. The molecule has 1 atom stereocenters. The minimum absolute atomic E-state index is 0.000738. The summed E-state index contributed by atoms with van der Waals surface area (Å²) in [7, 11) is -3.76. The molecule has 1 saturated heterocycles. The molecule has 0 radical (unpaired) electrons. The number of likely N-dealkylation sites (tertiary alicyclic amines) is 1. The Morgan fingerprint density at radius 1 is 1.06 bits per heavy atom. The Morgan fingerprint density at radius 3 is 2.30 bits per heavy atom. The highest BCUT2D eigenvalue weighted by atomic mass is 32.2. The van der Waals surface area contributed by atoms with E-state index in [1.807, 2.05) is 26.0 Å². The Labute approximate surface area is 196 Å². The average Bonchev–Trinajstić information content (AvgIpc) is 2.76. The van der Waals surface area contributed by atoms with Crippen molar-refractivity contribution < 1.29 is 18.0 Å². The molecular formula is C25H33N3O4S. The molecule has 2 aromatic rings. The van der Waals surface area contributed by atoms with Crippen molar-refractivity contribution in [2.24, 2.45) is 5.92 Å². The van der Waals surface area contributed by atoms with Crippen molar-refractivity contribution in [2.75, 3.05) is 24.4 Å². The Hall–Kier alpha value is -2.87. The molecule has 1 fully saturated rings. The summed E-state index contributed by atoms with van der Waals surface area (Å²) in [5.74, 6) is -0.343. The van der Waals surface area contributed by atoms with E-state index >= 15 is 0 Å².